The molecule has 5 nitrogen and oxygen atoms in total. The Morgan fingerprint density at radius 1 is 1.43 bits per heavy atom. The van der Waals surface area contributed by atoms with E-state index in [0.29, 0.717) is 35.8 Å². The van der Waals surface area contributed by atoms with Gasteiger partial charge in [-0.05, 0) is 50.8 Å². The summed E-state index contributed by atoms with van der Waals surface area (Å²) in [4.78, 5) is 18.7. The number of pyridine rings is 1. The van der Waals surface area contributed by atoms with Gasteiger partial charge in [-0.15, -0.1) is 0 Å². The molecule has 1 aliphatic carbocycles. The van der Waals surface area contributed by atoms with Crippen LogP contribution in [-0.2, 0) is 4.79 Å². The number of carbonyl (C=O) groups excluding carboxylic acids is 1. The van der Waals surface area contributed by atoms with Gasteiger partial charge in [0.2, 0.25) is 5.91 Å². The van der Waals surface area contributed by atoms with E-state index in [1.54, 1.807) is 6.20 Å². The van der Waals surface area contributed by atoms with Gasteiger partial charge in [-0.2, -0.15) is 0 Å². The Hall–Kier alpha value is -1.59. The normalized spacial score (nSPS) is 21.5. The fraction of sp³-hybridized carbons (Fsp3) is 0.636. The van der Waals surface area contributed by atoms with Crippen LogP contribution in [0.25, 0.3) is 6.08 Å². The van der Waals surface area contributed by atoms with E-state index in [1.165, 1.54) is 25.7 Å². The number of hydrogen-bond acceptors (Lipinski definition) is 4. The number of rotatable bonds is 8. The lowest BCUT2D eigenvalue weighted by Crippen LogP contribution is -2.31. The predicted octanol–water partition coefficient (Wildman–Crippen LogP) is 4.31. The first-order chi connectivity index (χ1) is 13.5. The van der Waals surface area contributed by atoms with Crippen LogP contribution in [0.1, 0.15) is 57.4 Å². The largest absolute Gasteiger partial charge is 0.485 e. The number of carbonyl (C=O) groups is 1. The number of ether oxygens (including phenoxy) is 1. The van der Waals surface area contributed by atoms with Crippen LogP contribution >= 0.6 is 11.6 Å². The third kappa shape index (κ3) is 5.95. The molecule has 2 fully saturated rings. The van der Waals surface area contributed by atoms with E-state index in [1.807, 2.05) is 24.1 Å². The number of nitrogens with zero attached hydrogens (tertiary/aromatic N) is 2. The Morgan fingerprint density at radius 3 is 2.96 bits per heavy atom. The van der Waals surface area contributed by atoms with Crippen LogP contribution in [0.2, 0.25) is 5.15 Å². The molecule has 1 aromatic rings. The fourth-order valence-electron chi connectivity index (χ4n) is 3.96. The first kappa shape index (κ1) is 21.1. The van der Waals surface area contributed by atoms with Crippen LogP contribution in [0.3, 0.4) is 0 Å². The van der Waals surface area contributed by atoms with E-state index < -0.39 is 0 Å². The molecule has 6 heteroatoms. The van der Waals surface area contributed by atoms with E-state index in [4.69, 9.17) is 16.3 Å². The highest BCUT2D eigenvalue weighted by Gasteiger charge is 2.30. The second-order valence-electron chi connectivity index (χ2n) is 8.11. The smallest absolute Gasteiger partial charge is 0.222 e. The maximum atomic E-state index is 12.5. The molecule has 2 atom stereocenters. The van der Waals surface area contributed by atoms with E-state index in [0.717, 1.165) is 24.9 Å². The van der Waals surface area contributed by atoms with E-state index >= 15 is 0 Å². The summed E-state index contributed by atoms with van der Waals surface area (Å²) in [5, 5.41) is 3.58. The number of nitrogens with one attached hydrogen (secondary N) is 1. The quantitative estimate of drug-likeness (QED) is 0.655. The Morgan fingerprint density at radius 2 is 2.21 bits per heavy atom. The molecule has 0 unspecified atom stereocenters. The highest BCUT2D eigenvalue weighted by atomic mass is 35.5. The van der Waals surface area contributed by atoms with Crippen molar-refractivity contribution in [1.29, 1.82) is 0 Å². The Bertz CT molecular complexity index is 688. The molecule has 0 aromatic carbocycles. The zero-order chi connectivity index (χ0) is 19.9. The summed E-state index contributed by atoms with van der Waals surface area (Å²) in [5.74, 6) is 1.46. The summed E-state index contributed by atoms with van der Waals surface area (Å²) < 4.78 is 6.11. The summed E-state index contributed by atoms with van der Waals surface area (Å²) in [6.45, 7) is 3.54. The lowest BCUT2D eigenvalue weighted by atomic mass is 10.0. The first-order valence-corrected chi connectivity index (χ1v) is 10.9. The first-order valence-electron chi connectivity index (χ1n) is 10.5. The Kier molecular flexibility index (Phi) is 7.74. The molecule has 1 amide bonds. The molecule has 0 spiro atoms. The molecule has 1 aromatic heterocycles. The topological polar surface area (TPSA) is 54.5 Å². The van der Waals surface area contributed by atoms with Gasteiger partial charge in [0.15, 0.2) is 10.9 Å². The third-order valence-electron chi connectivity index (χ3n) is 5.85. The van der Waals surface area contributed by atoms with Crippen molar-refractivity contribution in [2.75, 3.05) is 20.1 Å². The van der Waals surface area contributed by atoms with Crippen LogP contribution in [-0.4, -0.2) is 48.1 Å². The van der Waals surface area contributed by atoms with Gasteiger partial charge in [0.05, 0.1) is 6.54 Å². The average molecular weight is 406 g/mol. The zero-order valence-electron chi connectivity index (χ0n) is 17.0. The van der Waals surface area contributed by atoms with Crippen molar-refractivity contribution in [1.82, 2.24) is 15.2 Å². The van der Waals surface area contributed by atoms with Crippen molar-refractivity contribution >= 4 is 23.6 Å². The highest BCUT2D eigenvalue weighted by Crippen LogP contribution is 2.30. The maximum Gasteiger partial charge on any atom is 0.222 e. The van der Waals surface area contributed by atoms with E-state index in [9.17, 15) is 4.79 Å². The molecule has 1 N–H and O–H groups in total. The summed E-state index contributed by atoms with van der Waals surface area (Å²) >= 11 is 6.24. The molecule has 28 heavy (non-hydrogen) atoms. The molecule has 0 bridgehead atoms. The summed E-state index contributed by atoms with van der Waals surface area (Å²) in [5.41, 5.74) is 0.967. The van der Waals surface area contributed by atoms with Crippen molar-refractivity contribution in [3.63, 3.8) is 0 Å². The SMILES string of the molecule is CN[C@@H](C)CC=Cc1cnc(Cl)c(O[C@@H]2CCN(C(=O)CC3CCCC3)C2)c1. The molecule has 3 rings (SSSR count). The van der Waals surface area contributed by atoms with Crippen molar-refractivity contribution in [3.05, 3.63) is 29.1 Å². The van der Waals surface area contributed by atoms with Gasteiger partial charge in [-0.25, -0.2) is 4.98 Å². The minimum atomic E-state index is -0.0182. The lowest BCUT2D eigenvalue weighted by molar-refractivity contribution is -0.131. The molecular formula is C22H32ClN3O2. The molecule has 154 valence electrons. The summed E-state index contributed by atoms with van der Waals surface area (Å²) in [6, 6.07) is 2.36. The van der Waals surface area contributed by atoms with Gasteiger partial charge >= 0.3 is 0 Å². The van der Waals surface area contributed by atoms with Crippen LogP contribution in [0.4, 0.5) is 0 Å². The molecule has 0 radical (unpaired) electrons. The van der Waals surface area contributed by atoms with Crippen LogP contribution in [0, 0.1) is 5.92 Å². The second kappa shape index (κ2) is 10.3. The van der Waals surface area contributed by atoms with Crippen LogP contribution in [0.5, 0.6) is 5.75 Å². The predicted molar refractivity (Wildman–Crippen MR) is 114 cm³/mol. The Labute approximate surface area is 173 Å². The monoisotopic (exact) mass is 405 g/mol. The number of hydrogen-bond donors (Lipinski definition) is 1. The van der Waals surface area contributed by atoms with Gasteiger partial charge in [0.1, 0.15) is 6.10 Å². The van der Waals surface area contributed by atoms with E-state index in [2.05, 4.69) is 23.3 Å². The van der Waals surface area contributed by atoms with Gasteiger partial charge in [-0.3, -0.25) is 4.79 Å². The number of halogens is 1. The zero-order valence-corrected chi connectivity index (χ0v) is 17.8. The molecule has 1 saturated heterocycles. The average Bonchev–Trinajstić information content (AvgIpc) is 3.36. The molecular weight excluding hydrogens is 374 g/mol. The minimum Gasteiger partial charge on any atom is -0.485 e. The number of aromatic nitrogens is 1. The summed E-state index contributed by atoms with van der Waals surface area (Å²) in [6.07, 6.45) is 13.3. The second-order valence-corrected chi connectivity index (χ2v) is 8.47. The standard InChI is InChI=1S/C22H32ClN3O2/c1-16(24-2)6-5-9-18-12-20(22(23)25-14-18)28-19-10-11-26(15-19)21(27)13-17-7-3-4-8-17/h5,9,12,14,16-17,19,24H,3-4,6-8,10-11,13,15H2,1-2H3/t16-,19+/m0/s1. The van der Waals surface area contributed by atoms with Crippen LogP contribution in [0.15, 0.2) is 18.3 Å². The maximum absolute atomic E-state index is 12.5. The van der Waals surface area contributed by atoms with Crippen LogP contribution < -0.4 is 10.1 Å². The third-order valence-corrected chi connectivity index (χ3v) is 6.13. The summed E-state index contributed by atoms with van der Waals surface area (Å²) in [7, 11) is 1.96. The van der Waals surface area contributed by atoms with Gasteiger partial charge in [0, 0.05) is 31.6 Å². The number of likely N-dealkylation sites (tertiary alicyclic amines) is 1. The van der Waals surface area contributed by atoms with Crippen molar-refractivity contribution < 1.29 is 9.53 Å². The highest BCUT2D eigenvalue weighted by molar-refractivity contribution is 6.30. The van der Waals surface area contributed by atoms with Gasteiger partial charge < -0.3 is 15.0 Å². The molecule has 2 heterocycles. The van der Waals surface area contributed by atoms with Crippen molar-refractivity contribution in [3.8, 4) is 5.75 Å². The van der Waals surface area contributed by atoms with Crippen molar-refractivity contribution in [2.45, 2.75) is 64.0 Å². The van der Waals surface area contributed by atoms with Gasteiger partial charge in [0.25, 0.3) is 0 Å². The minimum absolute atomic E-state index is 0.0182. The molecule has 2 aliphatic rings. The molecule has 1 aliphatic heterocycles. The fourth-order valence-corrected chi connectivity index (χ4v) is 4.11. The Balaban J connectivity index is 1.53. The van der Waals surface area contributed by atoms with Gasteiger partial charge in [-0.1, -0.05) is 36.6 Å². The molecule has 1 saturated carbocycles. The van der Waals surface area contributed by atoms with Crippen molar-refractivity contribution in [2.24, 2.45) is 5.92 Å². The lowest BCUT2D eigenvalue weighted by Gasteiger charge is -2.19. The van der Waals surface area contributed by atoms with E-state index in [-0.39, 0.29) is 12.0 Å². The number of amides is 1.